The molecule has 0 amide bonds. The fourth-order valence-corrected chi connectivity index (χ4v) is 4.65. The lowest BCUT2D eigenvalue weighted by Gasteiger charge is -2.18. The van der Waals surface area contributed by atoms with Crippen LogP contribution in [0.5, 0.6) is 5.88 Å². The van der Waals surface area contributed by atoms with Crippen molar-refractivity contribution in [2.24, 2.45) is 7.05 Å². The van der Waals surface area contributed by atoms with Gasteiger partial charge in [0.25, 0.3) is 0 Å². The summed E-state index contributed by atoms with van der Waals surface area (Å²) in [7, 11) is 1.95. The first kappa shape index (κ1) is 22.1. The van der Waals surface area contributed by atoms with E-state index in [0.717, 1.165) is 59.4 Å². The molecular formula is C24H27N11O. The first-order valence-electron chi connectivity index (χ1n) is 12.0. The molecule has 1 aliphatic rings. The van der Waals surface area contributed by atoms with Gasteiger partial charge < -0.3 is 14.2 Å². The first-order valence-corrected chi connectivity index (χ1v) is 12.0. The molecule has 1 aliphatic heterocycles. The van der Waals surface area contributed by atoms with Gasteiger partial charge in [0.05, 0.1) is 24.5 Å². The zero-order valence-electron chi connectivity index (χ0n) is 20.7. The number of rotatable bonds is 6. The van der Waals surface area contributed by atoms with Crippen molar-refractivity contribution in [1.82, 2.24) is 49.0 Å². The average Bonchev–Trinajstić information content (AvgIpc) is 3.67. The second kappa shape index (κ2) is 8.70. The quantitative estimate of drug-likeness (QED) is 0.357. The second-order valence-corrected chi connectivity index (χ2v) is 8.98. The molecule has 6 rings (SSSR count). The Kier molecular flexibility index (Phi) is 5.35. The van der Waals surface area contributed by atoms with Gasteiger partial charge in [0, 0.05) is 44.5 Å². The molecule has 5 aromatic rings. The van der Waals surface area contributed by atoms with Crippen molar-refractivity contribution in [3.05, 3.63) is 48.6 Å². The Labute approximate surface area is 207 Å². The molecule has 0 radical (unpaired) electrons. The van der Waals surface area contributed by atoms with Crippen LogP contribution in [0.4, 0.5) is 5.82 Å². The standard InChI is InChI=1S/C24H27N11O/c1-5-34-16(3)18(10-30-34)22-31-21-23(32(22)4)27-14-28-24(21)36-17-6-7-33(12-17)19-8-20(26-13-25-19)35-11-15(2)9-29-35/h8-11,13-14,17H,5-7,12H2,1-4H3/t17-/m0/s1. The van der Waals surface area contributed by atoms with E-state index in [1.165, 1.54) is 6.33 Å². The lowest BCUT2D eigenvalue weighted by Crippen LogP contribution is -2.25. The monoisotopic (exact) mass is 485 g/mol. The van der Waals surface area contributed by atoms with Crippen molar-refractivity contribution in [3.8, 4) is 23.1 Å². The molecule has 1 fully saturated rings. The summed E-state index contributed by atoms with van der Waals surface area (Å²) < 4.78 is 12.0. The average molecular weight is 486 g/mol. The summed E-state index contributed by atoms with van der Waals surface area (Å²) in [6.07, 6.45) is 9.49. The lowest BCUT2D eigenvalue weighted by atomic mass is 10.2. The predicted molar refractivity (Wildman–Crippen MR) is 133 cm³/mol. The summed E-state index contributed by atoms with van der Waals surface area (Å²) in [4.78, 5) is 24.8. The van der Waals surface area contributed by atoms with Gasteiger partial charge in [-0.25, -0.2) is 24.6 Å². The molecule has 0 aliphatic carbocycles. The fraction of sp³-hybridized carbons (Fsp3) is 0.375. The van der Waals surface area contributed by atoms with Gasteiger partial charge in [-0.2, -0.15) is 15.2 Å². The molecule has 1 saturated heterocycles. The van der Waals surface area contributed by atoms with Crippen LogP contribution in [-0.4, -0.2) is 68.2 Å². The summed E-state index contributed by atoms with van der Waals surface area (Å²) in [6, 6.07) is 1.95. The Morgan fingerprint density at radius 3 is 2.64 bits per heavy atom. The maximum Gasteiger partial charge on any atom is 0.245 e. The molecule has 0 spiro atoms. The number of imidazole rings is 1. The van der Waals surface area contributed by atoms with E-state index in [0.29, 0.717) is 17.9 Å². The third kappa shape index (κ3) is 3.74. The maximum absolute atomic E-state index is 6.37. The van der Waals surface area contributed by atoms with Crippen molar-refractivity contribution in [3.63, 3.8) is 0 Å². The first-order chi connectivity index (χ1) is 17.5. The Hall–Kier alpha value is -4.35. The van der Waals surface area contributed by atoms with Gasteiger partial charge in [-0.1, -0.05) is 0 Å². The van der Waals surface area contributed by atoms with E-state index in [-0.39, 0.29) is 6.10 Å². The van der Waals surface area contributed by atoms with Gasteiger partial charge in [-0.3, -0.25) is 4.68 Å². The summed E-state index contributed by atoms with van der Waals surface area (Å²) in [5.74, 6) is 2.86. The largest absolute Gasteiger partial charge is 0.471 e. The normalized spacial score (nSPS) is 15.8. The highest BCUT2D eigenvalue weighted by Gasteiger charge is 2.28. The molecule has 0 unspecified atom stereocenters. The number of hydrogen-bond acceptors (Lipinski definition) is 9. The number of nitrogens with zero attached hydrogens (tertiary/aromatic N) is 11. The van der Waals surface area contributed by atoms with Gasteiger partial charge in [0.2, 0.25) is 5.88 Å². The number of aryl methyl sites for hydroxylation is 3. The number of aromatic nitrogens is 10. The van der Waals surface area contributed by atoms with Gasteiger partial charge in [0.1, 0.15) is 30.4 Å². The van der Waals surface area contributed by atoms with Crippen LogP contribution in [0.15, 0.2) is 37.3 Å². The van der Waals surface area contributed by atoms with Gasteiger partial charge in [-0.15, -0.1) is 0 Å². The second-order valence-electron chi connectivity index (χ2n) is 8.98. The minimum absolute atomic E-state index is 0.0523. The third-order valence-corrected chi connectivity index (χ3v) is 6.60. The molecule has 0 aromatic carbocycles. The zero-order valence-corrected chi connectivity index (χ0v) is 20.7. The summed E-state index contributed by atoms with van der Waals surface area (Å²) in [6.45, 7) is 8.42. The Morgan fingerprint density at radius 1 is 1.03 bits per heavy atom. The number of ether oxygens (including phenoxy) is 1. The molecular weight excluding hydrogens is 458 g/mol. The van der Waals surface area contributed by atoms with E-state index >= 15 is 0 Å². The van der Waals surface area contributed by atoms with E-state index in [1.807, 2.05) is 54.8 Å². The summed E-state index contributed by atoms with van der Waals surface area (Å²) >= 11 is 0. The third-order valence-electron chi connectivity index (χ3n) is 6.60. The summed E-state index contributed by atoms with van der Waals surface area (Å²) in [5, 5.41) is 8.82. The smallest absolute Gasteiger partial charge is 0.245 e. The highest BCUT2D eigenvalue weighted by atomic mass is 16.5. The van der Waals surface area contributed by atoms with Crippen LogP contribution in [-0.2, 0) is 13.6 Å². The Bertz CT molecular complexity index is 1550. The molecule has 0 bridgehead atoms. The van der Waals surface area contributed by atoms with Gasteiger partial charge in [0.15, 0.2) is 17.0 Å². The molecule has 12 heteroatoms. The SMILES string of the molecule is CCn1ncc(-c2nc3c(O[C@H]4CCN(c5cc(-n6cc(C)cn6)ncn5)C4)ncnc3n2C)c1C. The number of fused-ring (bicyclic) bond motifs is 1. The Morgan fingerprint density at radius 2 is 1.86 bits per heavy atom. The van der Waals surface area contributed by atoms with Crippen molar-refractivity contribution < 1.29 is 4.74 Å². The molecule has 6 heterocycles. The minimum atomic E-state index is -0.0523. The van der Waals surface area contributed by atoms with Crippen molar-refractivity contribution in [2.75, 3.05) is 18.0 Å². The predicted octanol–water partition coefficient (Wildman–Crippen LogP) is 2.50. The molecule has 0 saturated carbocycles. The molecule has 184 valence electrons. The van der Waals surface area contributed by atoms with Gasteiger partial charge in [-0.05, 0) is 26.3 Å². The van der Waals surface area contributed by atoms with Crippen LogP contribution < -0.4 is 9.64 Å². The minimum Gasteiger partial charge on any atom is -0.471 e. The molecule has 5 aromatic heterocycles. The van der Waals surface area contributed by atoms with Crippen molar-refractivity contribution in [1.29, 1.82) is 0 Å². The van der Waals surface area contributed by atoms with E-state index in [9.17, 15) is 0 Å². The Balaban J connectivity index is 1.24. The van der Waals surface area contributed by atoms with E-state index in [1.54, 1.807) is 11.0 Å². The molecule has 36 heavy (non-hydrogen) atoms. The van der Waals surface area contributed by atoms with Crippen LogP contribution in [0.3, 0.4) is 0 Å². The zero-order chi connectivity index (χ0) is 24.8. The van der Waals surface area contributed by atoms with Crippen LogP contribution in [0, 0.1) is 13.8 Å². The fourth-order valence-electron chi connectivity index (χ4n) is 4.65. The molecule has 0 N–H and O–H groups in total. The van der Waals surface area contributed by atoms with E-state index in [4.69, 9.17) is 9.72 Å². The van der Waals surface area contributed by atoms with Crippen molar-refractivity contribution in [2.45, 2.75) is 39.8 Å². The van der Waals surface area contributed by atoms with Crippen LogP contribution in [0.1, 0.15) is 24.6 Å². The molecule has 1 atom stereocenters. The topological polar surface area (TPSA) is 117 Å². The van der Waals surface area contributed by atoms with E-state index < -0.39 is 0 Å². The lowest BCUT2D eigenvalue weighted by molar-refractivity contribution is 0.218. The maximum atomic E-state index is 6.37. The highest BCUT2D eigenvalue weighted by molar-refractivity contribution is 5.81. The number of anilines is 1. The van der Waals surface area contributed by atoms with Crippen LogP contribution in [0.25, 0.3) is 28.4 Å². The van der Waals surface area contributed by atoms with E-state index in [2.05, 4.69) is 42.0 Å². The highest BCUT2D eigenvalue weighted by Crippen LogP contribution is 2.30. The van der Waals surface area contributed by atoms with Gasteiger partial charge >= 0.3 is 0 Å². The van der Waals surface area contributed by atoms with Crippen LogP contribution in [0.2, 0.25) is 0 Å². The van der Waals surface area contributed by atoms with Crippen LogP contribution >= 0.6 is 0 Å². The number of hydrogen-bond donors (Lipinski definition) is 0. The summed E-state index contributed by atoms with van der Waals surface area (Å²) in [5.41, 5.74) is 4.49. The molecule has 12 nitrogen and oxygen atoms in total. The van der Waals surface area contributed by atoms with Crippen molar-refractivity contribution >= 4 is 17.0 Å².